The van der Waals surface area contributed by atoms with Crippen LogP contribution in [0.25, 0.3) is 0 Å². The Balaban J connectivity index is 2.11. The summed E-state index contributed by atoms with van der Waals surface area (Å²) in [6, 6.07) is 7.93. The predicted molar refractivity (Wildman–Crippen MR) is 79.7 cm³/mol. The fourth-order valence-corrected chi connectivity index (χ4v) is 2.59. The molecule has 2 rings (SSSR count). The van der Waals surface area contributed by atoms with E-state index < -0.39 is 0 Å². The molecule has 0 saturated heterocycles. The number of rotatable bonds is 6. The summed E-state index contributed by atoms with van der Waals surface area (Å²) < 4.78 is 5.75. The van der Waals surface area contributed by atoms with Gasteiger partial charge in [0.05, 0.1) is 17.3 Å². The molecule has 0 aliphatic rings. The molecule has 0 amide bonds. The molecule has 1 unspecified atom stereocenters. The van der Waals surface area contributed by atoms with Gasteiger partial charge in [-0.1, -0.05) is 25.1 Å². The first-order chi connectivity index (χ1) is 9.20. The van der Waals surface area contributed by atoms with E-state index in [1.165, 1.54) is 0 Å². The van der Waals surface area contributed by atoms with Gasteiger partial charge in [-0.05, 0) is 19.4 Å². The highest BCUT2D eigenvalue weighted by Gasteiger charge is 2.13. The summed E-state index contributed by atoms with van der Waals surface area (Å²) in [4.78, 5) is 4.47. The van der Waals surface area contributed by atoms with Gasteiger partial charge in [-0.25, -0.2) is 4.98 Å². The number of nitrogens with two attached hydrogens (primary N) is 1. The van der Waals surface area contributed by atoms with Gasteiger partial charge in [0.15, 0.2) is 0 Å². The van der Waals surface area contributed by atoms with Gasteiger partial charge >= 0.3 is 0 Å². The lowest BCUT2D eigenvalue weighted by molar-refractivity contribution is 0.312. The molecule has 102 valence electrons. The first kappa shape index (κ1) is 14.0. The third kappa shape index (κ3) is 3.78. The molecule has 0 saturated carbocycles. The molecule has 0 fully saturated rings. The van der Waals surface area contributed by atoms with Gasteiger partial charge in [0.2, 0.25) is 0 Å². The number of aromatic nitrogens is 1. The number of para-hydroxylation sites is 1. The van der Waals surface area contributed by atoms with Crippen molar-refractivity contribution >= 4 is 11.3 Å². The Morgan fingerprint density at radius 3 is 2.84 bits per heavy atom. The number of aryl methyl sites for hydroxylation is 1. The second-order valence-electron chi connectivity index (χ2n) is 4.55. The predicted octanol–water partition coefficient (Wildman–Crippen LogP) is 3.48. The van der Waals surface area contributed by atoms with E-state index in [2.05, 4.69) is 17.3 Å². The molecule has 2 aromatic rings. The number of nitrogens with zero attached hydrogens (tertiary/aromatic N) is 1. The Bertz CT molecular complexity index is 524. The van der Waals surface area contributed by atoms with Gasteiger partial charge in [-0.3, -0.25) is 0 Å². The maximum absolute atomic E-state index is 6.29. The molecule has 1 atom stereocenters. The number of benzene rings is 1. The zero-order valence-electron chi connectivity index (χ0n) is 11.4. The third-order valence-corrected chi connectivity index (χ3v) is 3.70. The minimum absolute atomic E-state index is 0.0745. The van der Waals surface area contributed by atoms with E-state index in [9.17, 15) is 0 Å². The first-order valence-electron chi connectivity index (χ1n) is 6.59. The highest BCUT2D eigenvalue weighted by atomic mass is 32.1. The van der Waals surface area contributed by atoms with Crippen LogP contribution in [0.2, 0.25) is 0 Å². The van der Waals surface area contributed by atoms with Crippen molar-refractivity contribution in [1.29, 1.82) is 0 Å². The molecule has 0 radical (unpaired) electrons. The molecule has 19 heavy (non-hydrogen) atoms. The quantitative estimate of drug-likeness (QED) is 0.878. The summed E-state index contributed by atoms with van der Waals surface area (Å²) in [5.41, 5.74) is 8.41. The topological polar surface area (TPSA) is 48.1 Å². The van der Waals surface area contributed by atoms with Crippen molar-refractivity contribution < 1.29 is 4.74 Å². The van der Waals surface area contributed by atoms with E-state index in [0.29, 0.717) is 0 Å². The van der Waals surface area contributed by atoms with Crippen molar-refractivity contribution in [1.82, 2.24) is 4.98 Å². The van der Waals surface area contributed by atoms with Crippen LogP contribution < -0.4 is 10.5 Å². The van der Waals surface area contributed by atoms with Crippen molar-refractivity contribution in [3.63, 3.8) is 0 Å². The van der Waals surface area contributed by atoms with Crippen LogP contribution in [0, 0.1) is 6.92 Å². The zero-order valence-corrected chi connectivity index (χ0v) is 12.2. The Kier molecular flexibility index (Phi) is 4.93. The Hall–Kier alpha value is -1.39. The summed E-state index contributed by atoms with van der Waals surface area (Å²) in [6.07, 6.45) is 1.74. The fourth-order valence-electron chi connectivity index (χ4n) is 1.97. The average molecular weight is 276 g/mol. The van der Waals surface area contributed by atoms with E-state index in [4.69, 9.17) is 10.5 Å². The molecule has 3 nitrogen and oxygen atoms in total. The molecule has 1 aromatic heterocycles. The van der Waals surface area contributed by atoms with Crippen LogP contribution in [0.1, 0.15) is 35.7 Å². The van der Waals surface area contributed by atoms with E-state index in [0.717, 1.165) is 41.5 Å². The van der Waals surface area contributed by atoms with E-state index in [1.54, 1.807) is 11.3 Å². The van der Waals surface area contributed by atoms with Crippen LogP contribution in [-0.2, 0) is 6.42 Å². The minimum Gasteiger partial charge on any atom is -0.493 e. The van der Waals surface area contributed by atoms with Crippen LogP contribution in [0.3, 0.4) is 0 Å². The normalized spacial score (nSPS) is 12.4. The Labute approximate surface area is 118 Å². The third-order valence-electron chi connectivity index (χ3n) is 2.88. The molecule has 0 spiro atoms. The van der Waals surface area contributed by atoms with Crippen molar-refractivity contribution in [3.05, 3.63) is 45.9 Å². The molecule has 0 bridgehead atoms. The van der Waals surface area contributed by atoms with Crippen LogP contribution >= 0.6 is 11.3 Å². The lowest BCUT2D eigenvalue weighted by atomic mass is 10.0. The minimum atomic E-state index is -0.0745. The monoisotopic (exact) mass is 276 g/mol. The SMILES string of the molecule is CCCOc1ccccc1C(N)Cc1csc(C)n1. The fraction of sp³-hybridized carbons (Fsp3) is 0.400. The Morgan fingerprint density at radius 1 is 1.37 bits per heavy atom. The van der Waals surface area contributed by atoms with E-state index in [-0.39, 0.29) is 6.04 Å². The van der Waals surface area contributed by atoms with E-state index in [1.807, 2.05) is 31.2 Å². The van der Waals surface area contributed by atoms with Gasteiger partial charge in [-0.2, -0.15) is 0 Å². The van der Waals surface area contributed by atoms with Crippen LogP contribution in [0.15, 0.2) is 29.6 Å². The Morgan fingerprint density at radius 2 is 2.16 bits per heavy atom. The van der Waals surface area contributed by atoms with Gasteiger partial charge in [0, 0.05) is 23.4 Å². The number of thiazole rings is 1. The maximum Gasteiger partial charge on any atom is 0.124 e. The highest BCUT2D eigenvalue weighted by Crippen LogP contribution is 2.26. The van der Waals surface area contributed by atoms with Gasteiger partial charge in [-0.15, -0.1) is 11.3 Å². The number of hydrogen-bond acceptors (Lipinski definition) is 4. The van der Waals surface area contributed by atoms with Gasteiger partial charge in [0.1, 0.15) is 5.75 Å². The molecular formula is C15H20N2OS. The van der Waals surface area contributed by atoms with Crippen molar-refractivity contribution in [2.75, 3.05) is 6.61 Å². The smallest absolute Gasteiger partial charge is 0.124 e. The second kappa shape index (κ2) is 6.68. The number of ether oxygens (including phenoxy) is 1. The van der Waals surface area contributed by atoms with Crippen molar-refractivity contribution in [2.45, 2.75) is 32.7 Å². The summed E-state index contributed by atoms with van der Waals surface area (Å²) in [5.74, 6) is 0.892. The first-order valence-corrected chi connectivity index (χ1v) is 7.47. The van der Waals surface area contributed by atoms with Crippen molar-refractivity contribution in [2.24, 2.45) is 5.73 Å². The highest BCUT2D eigenvalue weighted by molar-refractivity contribution is 7.09. The average Bonchev–Trinajstić information content (AvgIpc) is 2.82. The van der Waals surface area contributed by atoms with Crippen LogP contribution in [0.5, 0.6) is 5.75 Å². The van der Waals surface area contributed by atoms with Crippen molar-refractivity contribution in [3.8, 4) is 5.75 Å². The molecule has 1 aromatic carbocycles. The van der Waals surface area contributed by atoms with Gasteiger partial charge < -0.3 is 10.5 Å². The summed E-state index contributed by atoms with van der Waals surface area (Å²) in [5, 5.41) is 3.16. The molecule has 1 heterocycles. The molecule has 0 aliphatic carbocycles. The standard InChI is InChI=1S/C15H20N2OS/c1-3-8-18-15-7-5-4-6-13(15)14(16)9-12-10-19-11(2)17-12/h4-7,10,14H,3,8-9,16H2,1-2H3. The summed E-state index contributed by atoms with van der Waals surface area (Å²) in [6.45, 7) is 4.83. The van der Waals surface area contributed by atoms with Gasteiger partial charge in [0.25, 0.3) is 0 Å². The summed E-state index contributed by atoms with van der Waals surface area (Å²) >= 11 is 1.66. The van der Waals surface area contributed by atoms with E-state index >= 15 is 0 Å². The molecular weight excluding hydrogens is 256 g/mol. The second-order valence-corrected chi connectivity index (χ2v) is 5.62. The maximum atomic E-state index is 6.29. The lowest BCUT2D eigenvalue weighted by Crippen LogP contribution is -2.15. The van der Waals surface area contributed by atoms with Crippen LogP contribution in [0.4, 0.5) is 0 Å². The summed E-state index contributed by atoms with van der Waals surface area (Å²) in [7, 11) is 0. The van der Waals surface area contributed by atoms with Crippen LogP contribution in [-0.4, -0.2) is 11.6 Å². The molecule has 4 heteroatoms. The zero-order chi connectivity index (χ0) is 13.7. The molecule has 0 aliphatic heterocycles. The number of hydrogen-bond donors (Lipinski definition) is 1. The molecule has 2 N–H and O–H groups in total. The lowest BCUT2D eigenvalue weighted by Gasteiger charge is -2.16. The largest absolute Gasteiger partial charge is 0.493 e.